The Balaban J connectivity index is 3.78. The molecule has 0 aliphatic rings. The third kappa shape index (κ3) is 2.50. The normalized spacial score (nSPS) is 7.56. The van der Waals surface area contributed by atoms with Gasteiger partial charge in [-0.15, -0.1) is 0 Å². The minimum atomic E-state index is -0.389. The van der Waals surface area contributed by atoms with E-state index in [0.717, 1.165) is 0 Å². The van der Waals surface area contributed by atoms with Crippen molar-refractivity contribution >= 4 is 5.91 Å². The van der Waals surface area contributed by atoms with Crippen LogP contribution in [0.5, 0.6) is 0 Å². The van der Waals surface area contributed by atoms with Crippen LogP contribution in [0, 0.1) is 11.3 Å². The van der Waals surface area contributed by atoms with Gasteiger partial charge in [-0.25, -0.2) is 0 Å². The molecule has 3 heteroatoms. The maximum Gasteiger partial charge on any atom is 0.261 e. The maximum atomic E-state index is 10.5. The maximum absolute atomic E-state index is 10.5. The molecular formula is C6H8N2O. The molecule has 0 heterocycles. The zero-order chi connectivity index (χ0) is 7.28. The fourth-order valence-electron chi connectivity index (χ4n) is 0.318. The van der Waals surface area contributed by atoms with Gasteiger partial charge in [-0.1, -0.05) is 6.58 Å². The van der Waals surface area contributed by atoms with E-state index in [2.05, 4.69) is 11.9 Å². The molecule has 0 saturated heterocycles. The van der Waals surface area contributed by atoms with Gasteiger partial charge >= 0.3 is 0 Å². The number of hydrogen-bond acceptors (Lipinski definition) is 2. The standard InChI is InChI=1S/C6H8N2O/c1-3-8-6(9)5(2)4-7/h2-3H2,1H3,(H,8,9). The van der Waals surface area contributed by atoms with E-state index in [1.807, 2.05) is 0 Å². The first kappa shape index (κ1) is 7.70. The van der Waals surface area contributed by atoms with Gasteiger partial charge in [0.1, 0.15) is 11.6 Å². The van der Waals surface area contributed by atoms with Gasteiger partial charge in [-0.05, 0) is 6.92 Å². The molecule has 48 valence electrons. The summed E-state index contributed by atoms with van der Waals surface area (Å²) in [6, 6.07) is 1.64. The number of carbonyl (C=O) groups excluding carboxylic acids is 1. The van der Waals surface area contributed by atoms with E-state index >= 15 is 0 Å². The predicted octanol–water partition coefficient (Wildman–Crippen LogP) is 0.202. The van der Waals surface area contributed by atoms with Gasteiger partial charge in [0.15, 0.2) is 0 Å². The highest BCUT2D eigenvalue weighted by Gasteiger charge is 2.01. The van der Waals surface area contributed by atoms with Crippen LogP contribution >= 0.6 is 0 Å². The number of rotatable bonds is 2. The van der Waals surface area contributed by atoms with E-state index < -0.39 is 0 Å². The van der Waals surface area contributed by atoms with E-state index in [1.54, 1.807) is 13.0 Å². The van der Waals surface area contributed by atoms with Gasteiger partial charge in [0.25, 0.3) is 5.91 Å². The summed E-state index contributed by atoms with van der Waals surface area (Å²) in [6.45, 7) is 5.53. The average molecular weight is 124 g/mol. The fraction of sp³-hybridized carbons (Fsp3) is 0.333. The van der Waals surface area contributed by atoms with Crippen molar-refractivity contribution in [1.29, 1.82) is 5.26 Å². The molecule has 1 N–H and O–H groups in total. The van der Waals surface area contributed by atoms with Crippen molar-refractivity contribution in [3.05, 3.63) is 12.2 Å². The Morgan fingerprint density at radius 2 is 2.44 bits per heavy atom. The third-order valence-electron chi connectivity index (χ3n) is 0.746. The van der Waals surface area contributed by atoms with Crippen LogP contribution in [0.25, 0.3) is 0 Å². The molecule has 0 bridgehead atoms. The van der Waals surface area contributed by atoms with Crippen LogP contribution in [0.3, 0.4) is 0 Å². The lowest BCUT2D eigenvalue weighted by atomic mass is 10.3. The van der Waals surface area contributed by atoms with Gasteiger partial charge in [0, 0.05) is 6.54 Å². The Hall–Kier alpha value is -1.30. The number of likely N-dealkylation sites (N-methyl/N-ethyl adjacent to an activating group) is 1. The number of carbonyl (C=O) groups is 1. The molecule has 0 aromatic rings. The summed E-state index contributed by atoms with van der Waals surface area (Å²) in [5, 5.41) is 10.6. The smallest absolute Gasteiger partial charge is 0.261 e. The highest BCUT2D eigenvalue weighted by molar-refractivity contribution is 5.96. The van der Waals surface area contributed by atoms with Crippen molar-refractivity contribution in [3.8, 4) is 6.07 Å². The topological polar surface area (TPSA) is 52.9 Å². The Morgan fingerprint density at radius 1 is 1.89 bits per heavy atom. The first-order chi connectivity index (χ1) is 4.22. The van der Waals surface area contributed by atoms with Crippen molar-refractivity contribution in [1.82, 2.24) is 5.32 Å². The van der Waals surface area contributed by atoms with Crippen LogP contribution in [0.1, 0.15) is 6.92 Å². The Morgan fingerprint density at radius 3 is 2.78 bits per heavy atom. The quantitative estimate of drug-likeness (QED) is 0.422. The molecule has 0 atom stereocenters. The highest BCUT2D eigenvalue weighted by Crippen LogP contribution is 1.83. The second-order valence-electron chi connectivity index (χ2n) is 1.45. The van der Waals surface area contributed by atoms with E-state index in [-0.39, 0.29) is 11.5 Å². The van der Waals surface area contributed by atoms with E-state index in [0.29, 0.717) is 6.54 Å². The van der Waals surface area contributed by atoms with Gasteiger partial charge in [-0.2, -0.15) is 5.26 Å². The van der Waals surface area contributed by atoms with Crippen LogP contribution in [0.15, 0.2) is 12.2 Å². The molecule has 0 aliphatic heterocycles. The molecule has 1 amide bonds. The predicted molar refractivity (Wildman–Crippen MR) is 33.4 cm³/mol. The zero-order valence-electron chi connectivity index (χ0n) is 5.27. The van der Waals surface area contributed by atoms with Gasteiger partial charge in [0.2, 0.25) is 0 Å². The highest BCUT2D eigenvalue weighted by atomic mass is 16.1. The second-order valence-corrected chi connectivity index (χ2v) is 1.45. The molecule has 0 rings (SSSR count). The lowest BCUT2D eigenvalue weighted by molar-refractivity contribution is -0.116. The number of hydrogen-bond donors (Lipinski definition) is 1. The SMILES string of the molecule is C=C(C#N)C(=O)NCC. The summed E-state index contributed by atoms with van der Waals surface area (Å²) in [6.07, 6.45) is 0. The summed E-state index contributed by atoms with van der Waals surface area (Å²) < 4.78 is 0. The van der Waals surface area contributed by atoms with Crippen molar-refractivity contribution < 1.29 is 4.79 Å². The minimum absolute atomic E-state index is 0.0446. The Labute approximate surface area is 54.0 Å². The van der Waals surface area contributed by atoms with Crippen LogP contribution in [0.2, 0.25) is 0 Å². The van der Waals surface area contributed by atoms with Crippen LogP contribution in [-0.2, 0) is 4.79 Å². The molecule has 0 aromatic heterocycles. The van der Waals surface area contributed by atoms with Gasteiger partial charge in [-0.3, -0.25) is 4.79 Å². The van der Waals surface area contributed by atoms with Crippen molar-refractivity contribution in [2.45, 2.75) is 6.92 Å². The summed E-state index contributed by atoms with van der Waals surface area (Å²) in [4.78, 5) is 10.5. The minimum Gasteiger partial charge on any atom is -0.352 e. The first-order valence-electron chi connectivity index (χ1n) is 2.59. The number of nitrogens with zero attached hydrogens (tertiary/aromatic N) is 1. The van der Waals surface area contributed by atoms with Crippen molar-refractivity contribution in [2.24, 2.45) is 0 Å². The molecule has 0 saturated carbocycles. The summed E-state index contributed by atoms with van der Waals surface area (Å²) >= 11 is 0. The number of amides is 1. The number of nitriles is 1. The van der Waals surface area contributed by atoms with E-state index in [1.165, 1.54) is 0 Å². The van der Waals surface area contributed by atoms with Crippen LogP contribution in [-0.4, -0.2) is 12.5 Å². The van der Waals surface area contributed by atoms with E-state index in [4.69, 9.17) is 5.26 Å². The molecule has 0 radical (unpaired) electrons. The summed E-state index contributed by atoms with van der Waals surface area (Å²) in [5.74, 6) is -0.389. The molecule has 3 nitrogen and oxygen atoms in total. The largest absolute Gasteiger partial charge is 0.352 e. The zero-order valence-corrected chi connectivity index (χ0v) is 5.27. The molecule has 0 fully saturated rings. The molecule has 0 aliphatic carbocycles. The second kappa shape index (κ2) is 3.67. The fourth-order valence-corrected chi connectivity index (χ4v) is 0.318. The van der Waals surface area contributed by atoms with Crippen LogP contribution < -0.4 is 5.32 Å². The monoisotopic (exact) mass is 124 g/mol. The van der Waals surface area contributed by atoms with Crippen molar-refractivity contribution in [2.75, 3.05) is 6.54 Å². The lowest BCUT2D eigenvalue weighted by Gasteiger charge is -1.95. The summed E-state index contributed by atoms with van der Waals surface area (Å²) in [7, 11) is 0. The molecule has 0 unspecified atom stereocenters. The lowest BCUT2D eigenvalue weighted by Crippen LogP contribution is -2.23. The van der Waals surface area contributed by atoms with Crippen LogP contribution in [0.4, 0.5) is 0 Å². The Bertz CT molecular complexity index is 166. The van der Waals surface area contributed by atoms with E-state index in [9.17, 15) is 4.79 Å². The van der Waals surface area contributed by atoms with Gasteiger partial charge < -0.3 is 5.32 Å². The Kier molecular flexibility index (Phi) is 3.14. The molecular weight excluding hydrogens is 116 g/mol. The molecule has 0 aromatic carbocycles. The molecule has 0 spiro atoms. The van der Waals surface area contributed by atoms with Gasteiger partial charge in [0.05, 0.1) is 0 Å². The average Bonchev–Trinajstić information content (AvgIpc) is 1.87. The third-order valence-corrected chi connectivity index (χ3v) is 0.746. The number of nitrogens with one attached hydrogen (secondary N) is 1. The molecule has 9 heavy (non-hydrogen) atoms. The first-order valence-corrected chi connectivity index (χ1v) is 2.59. The van der Waals surface area contributed by atoms with Crippen molar-refractivity contribution in [3.63, 3.8) is 0 Å². The summed E-state index contributed by atoms with van der Waals surface area (Å²) in [5.41, 5.74) is -0.0446.